The van der Waals surface area contributed by atoms with Crippen molar-refractivity contribution in [1.82, 2.24) is 9.62 Å². The summed E-state index contributed by atoms with van der Waals surface area (Å²) < 4.78 is 27.2. The number of nitrogens with one attached hydrogen (secondary N) is 1. The van der Waals surface area contributed by atoms with Crippen LogP contribution in [0.1, 0.15) is 53.0 Å². The van der Waals surface area contributed by atoms with E-state index in [1.165, 1.54) is 4.31 Å². The van der Waals surface area contributed by atoms with Gasteiger partial charge in [0.25, 0.3) is 0 Å². The second-order valence-electron chi connectivity index (χ2n) is 8.59. The highest BCUT2D eigenvalue weighted by molar-refractivity contribution is 7.89. The van der Waals surface area contributed by atoms with E-state index < -0.39 is 10.0 Å². The number of nitrogens with zero attached hydrogens (tertiary/aromatic N) is 1. The zero-order chi connectivity index (χ0) is 19.5. The van der Waals surface area contributed by atoms with Gasteiger partial charge >= 0.3 is 0 Å². The van der Waals surface area contributed by atoms with Gasteiger partial charge in [-0.25, -0.2) is 8.42 Å². The molecule has 1 N–H and O–H groups in total. The van der Waals surface area contributed by atoms with Crippen molar-refractivity contribution in [1.29, 1.82) is 0 Å². The van der Waals surface area contributed by atoms with Crippen LogP contribution < -0.4 is 5.32 Å². The third kappa shape index (κ3) is 5.07. The lowest BCUT2D eigenvalue weighted by molar-refractivity contribution is -0.126. The Hall–Kier alpha value is -1.40. The van der Waals surface area contributed by atoms with Gasteiger partial charge in [0.1, 0.15) is 0 Å². The summed E-state index contributed by atoms with van der Waals surface area (Å²) in [4.78, 5) is 12.5. The Kier molecular flexibility index (Phi) is 6.51. The monoisotopic (exact) mass is 380 g/mol. The fourth-order valence-electron chi connectivity index (χ4n) is 3.08. The van der Waals surface area contributed by atoms with Crippen molar-refractivity contribution in [2.45, 2.75) is 57.8 Å². The second kappa shape index (κ2) is 8.09. The molecule has 1 aromatic rings. The number of hydrogen-bond donors (Lipinski definition) is 1. The van der Waals surface area contributed by atoms with E-state index in [2.05, 4.69) is 39.9 Å². The third-order valence-electron chi connectivity index (χ3n) is 4.87. The van der Waals surface area contributed by atoms with Crippen molar-refractivity contribution < 1.29 is 13.2 Å². The summed E-state index contributed by atoms with van der Waals surface area (Å²) in [7, 11) is -3.50. The molecule has 0 bridgehead atoms. The van der Waals surface area contributed by atoms with Gasteiger partial charge in [0, 0.05) is 25.6 Å². The summed E-state index contributed by atoms with van der Waals surface area (Å²) >= 11 is 0. The van der Waals surface area contributed by atoms with E-state index in [-0.39, 0.29) is 17.2 Å². The van der Waals surface area contributed by atoms with Gasteiger partial charge in [-0.15, -0.1) is 0 Å². The van der Waals surface area contributed by atoms with Crippen LogP contribution in [0.4, 0.5) is 0 Å². The molecule has 0 radical (unpaired) electrons. The normalized spacial score (nSPS) is 17.5. The molecule has 5 nitrogen and oxygen atoms in total. The van der Waals surface area contributed by atoms with E-state index in [4.69, 9.17) is 0 Å². The van der Waals surface area contributed by atoms with Crippen molar-refractivity contribution in [3.8, 4) is 0 Å². The van der Waals surface area contributed by atoms with Gasteiger partial charge in [-0.1, -0.05) is 46.8 Å². The number of sulfonamides is 1. The Morgan fingerprint density at radius 2 is 1.69 bits per heavy atom. The zero-order valence-electron chi connectivity index (χ0n) is 16.6. The fraction of sp³-hybridized carbons (Fsp3) is 0.650. The minimum Gasteiger partial charge on any atom is -0.356 e. The van der Waals surface area contributed by atoms with Crippen molar-refractivity contribution in [2.75, 3.05) is 19.6 Å². The smallest absolute Gasteiger partial charge is 0.243 e. The number of rotatable bonds is 5. The molecule has 0 atom stereocenters. The molecule has 1 aliphatic heterocycles. The van der Waals surface area contributed by atoms with E-state index in [0.717, 1.165) is 5.56 Å². The Morgan fingerprint density at radius 1 is 1.15 bits per heavy atom. The molecule has 1 aromatic carbocycles. The lowest BCUT2D eigenvalue weighted by Gasteiger charge is -2.31. The molecule has 146 valence electrons. The van der Waals surface area contributed by atoms with Crippen molar-refractivity contribution in [3.05, 3.63) is 29.8 Å². The van der Waals surface area contributed by atoms with Crippen LogP contribution in [0.2, 0.25) is 0 Å². The van der Waals surface area contributed by atoms with Crippen molar-refractivity contribution >= 4 is 15.9 Å². The number of piperidine rings is 1. The van der Waals surface area contributed by atoms with Gasteiger partial charge in [0.05, 0.1) is 4.90 Å². The zero-order valence-corrected chi connectivity index (χ0v) is 17.4. The quantitative estimate of drug-likeness (QED) is 0.853. The lowest BCUT2D eigenvalue weighted by Crippen LogP contribution is -2.43. The van der Waals surface area contributed by atoms with Gasteiger partial charge in [0.15, 0.2) is 0 Å². The molecule has 1 aliphatic rings. The number of amides is 1. The first kappa shape index (κ1) is 20.9. The first-order valence-corrected chi connectivity index (χ1v) is 10.8. The standard InChI is InChI=1S/C20H32N2O3S/c1-15(2)14-21-19(23)16-10-12-22(13-11-16)26(24,25)18-8-6-17(7-9-18)20(3,4)5/h6-9,15-16H,10-14H2,1-5H3,(H,21,23). The molecule has 1 saturated heterocycles. The molecule has 0 aromatic heterocycles. The number of benzene rings is 1. The van der Waals surface area contributed by atoms with Gasteiger partial charge in [-0.3, -0.25) is 4.79 Å². The Balaban J connectivity index is 2.00. The molecule has 1 amide bonds. The first-order valence-electron chi connectivity index (χ1n) is 9.40. The molecule has 2 rings (SSSR count). The molecular formula is C20H32N2O3S. The minimum atomic E-state index is -3.50. The second-order valence-corrected chi connectivity index (χ2v) is 10.5. The van der Waals surface area contributed by atoms with E-state index in [1.54, 1.807) is 12.1 Å². The van der Waals surface area contributed by atoms with Crippen LogP contribution in [-0.4, -0.2) is 38.3 Å². The summed E-state index contributed by atoms with van der Waals surface area (Å²) in [5.41, 5.74) is 1.10. The summed E-state index contributed by atoms with van der Waals surface area (Å²) in [6.07, 6.45) is 1.15. The maximum Gasteiger partial charge on any atom is 0.243 e. The number of carbonyl (C=O) groups is 1. The molecule has 1 heterocycles. The van der Waals surface area contributed by atoms with Crippen LogP contribution in [0.3, 0.4) is 0 Å². The van der Waals surface area contributed by atoms with Crippen LogP contribution in [0, 0.1) is 11.8 Å². The van der Waals surface area contributed by atoms with E-state index in [1.807, 2.05) is 12.1 Å². The highest BCUT2D eigenvalue weighted by Gasteiger charge is 2.32. The van der Waals surface area contributed by atoms with E-state index >= 15 is 0 Å². The highest BCUT2D eigenvalue weighted by atomic mass is 32.2. The van der Waals surface area contributed by atoms with E-state index in [9.17, 15) is 13.2 Å². The van der Waals surface area contributed by atoms with Gasteiger partial charge in [-0.2, -0.15) is 4.31 Å². The van der Waals surface area contributed by atoms with Crippen LogP contribution in [0.25, 0.3) is 0 Å². The van der Waals surface area contributed by atoms with Crippen LogP contribution in [-0.2, 0) is 20.2 Å². The molecule has 26 heavy (non-hydrogen) atoms. The van der Waals surface area contributed by atoms with Crippen LogP contribution >= 0.6 is 0 Å². The molecule has 0 spiro atoms. The number of carbonyl (C=O) groups excluding carboxylic acids is 1. The maximum absolute atomic E-state index is 12.9. The SMILES string of the molecule is CC(C)CNC(=O)C1CCN(S(=O)(=O)c2ccc(C(C)(C)C)cc2)CC1. The Labute approximate surface area is 158 Å². The minimum absolute atomic E-state index is 0.00994. The predicted molar refractivity (Wildman–Crippen MR) is 104 cm³/mol. The average Bonchev–Trinajstić information content (AvgIpc) is 2.59. The lowest BCUT2D eigenvalue weighted by atomic mass is 9.87. The summed E-state index contributed by atoms with van der Waals surface area (Å²) in [6, 6.07) is 7.16. The maximum atomic E-state index is 12.9. The van der Waals surface area contributed by atoms with Gasteiger partial charge in [-0.05, 0) is 41.9 Å². The predicted octanol–water partition coefficient (Wildman–Crippen LogP) is 3.16. The molecule has 0 aliphatic carbocycles. The van der Waals surface area contributed by atoms with Crippen LogP contribution in [0.15, 0.2) is 29.2 Å². The topological polar surface area (TPSA) is 66.5 Å². The van der Waals surface area contributed by atoms with E-state index in [0.29, 0.717) is 43.3 Å². The first-order chi connectivity index (χ1) is 12.0. The third-order valence-corrected chi connectivity index (χ3v) is 6.78. The highest BCUT2D eigenvalue weighted by Crippen LogP contribution is 2.27. The summed E-state index contributed by atoms with van der Waals surface area (Å²) in [6.45, 7) is 11.9. The van der Waals surface area contributed by atoms with Crippen molar-refractivity contribution in [2.24, 2.45) is 11.8 Å². The molecule has 6 heteroatoms. The Bertz CT molecular complexity index is 710. The fourth-order valence-corrected chi connectivity index (χ4v) is 4.55. The van der Waals surface area contributed by atoms with Gasteiger partial charge in [0.2, 0.25) is 15.9 Å². The molecular weight excluding hydrogens is 348 g/mol. The summed E-state index contributed by atoms with van der Waals surface area (Å²) in [5.74, 6) is 0.365. The molecule has 1 fully saturated rings. The van der Waals surface area contributed by atoms with Crippen LogP contribution in [0.5, 0.6) is 0 Å². The summed E-state index contributed by atoms with van der Waals surface area (Å²) in [5, 5.41) is 2.95. The largest absolute Gasteiger partial charge is 0.356 e. The average molecular weight is 381 g/mol. The van der Waals surface area contributed by atoms with Crippen molar-refractivity contribution in [3.63, 3.8) is 0 Å². The van der Waals surface area contributed by atoms with Gasteiger partial charge < -0.3 is 5.32 Å². The molecule has 0 saturated carbocycles. The number of hydrogen-bond acceptors (Lipinski definition) is 3. The molecule has 0 unspecified atom stereocenters. The Morgan fingerprint density at radius 3 is 2.15 bits per heavy atom.